The lowest BCUT2D eigenvalue weighted by Crippen LogP contribution is -2.40. The molecule has 2 aliphatic heterocycles. The summed E-state index contributed by atoms with van der Waals surface area (Å²) in [5.41, 5.74) is 3.89. The first kappa shape index (κ1) is 21.4. The van der Waals surface area contributed by atoms with Crippen molar-refractivity contribution in [1.82, 2.24) is 15.0 Å². The highest BCUT2D eigenvalue weighted by Gasteiger charge is 2.20. The van der Waals surface area contributed by atoms with Gasteiger partial charge in [-0.3, -0.25) is 0 Å². The van der Waals surface area contributed by atoms with E-state index < -0.39 is 0 Å². The van der Waals surface area contributed by atoms with E-state index in [1.165, 1.54) is 0 Å². The molecule has 1 aromatic heterocycles. The number of morpholine rings is 2. The molecule has 10 nitrogen and oxygen atoms in total. The summed E-state index contributed by atoms with van der Waals surface area (Å²) in [5, 5.41) is 6.62. The number of aromatic nitrogens is 3. The molecule has 1 N–H and O–H groups in total. The fourth-order valence-electron chi connectivity index (χ4n) is 3.95. The first-order valence-corrected chi connectivity index (χ1v) is 11.1. The second-order valence-electron chi connectivity index (χ2n) is 7.73. The van der Waals surface area contributed by atoms with Crippen molar-refractivity contribution in [2.45, 2.75) is 0 Å². The van der Waals surface area contributed by atoms with Crippen molar-refractivity contribution in [2.24, 2.45) is 5.10 Å². The van der Waals surface area contributed by atoms with Crippen molar-refractivity contribution in [3.05, 3.63) is 42.0 Å². The lowest BCUT2D eigenvalue weighted by Gasteiger charge is -2.30. The van der Waals surface area contributed by atoms with Crippen molar-refractivity contribution in [3.8, 4) is 5.75 Å². The van der Waals surface area contributed by atoms with Crippen LogP contribution in [0.25, 0.3) is 10.8 Å². The fraction of sp³-hybridized carbons (Fsp3) is 0.391. The highest BCUT2D eigenvalue weighted by Crippen LogP contribution is 2.26. The van der Waals surface area contributed by atoms with Crippen LogP contribution < -0.4 is 20.0 Å². The van der Waals surface area contributed by atoms with E-state index in [1.54, 1.807) is 13.3 Å². The van der Waals surface area contributed by atoms with Gasteiger partial charge in [0.05, 0.1) is 39.8 Å². The Labute approximate surface area is 192 Å². The number of rotatable bonds is 6. The van der Waals surface area contributed by atoms with Gasteiger partial charge in [-0.1, -0.05) is 30.3 Å². The summed E-state index contributed by atoms with van der Waals surface area (Å²) in [7, 11) is 1.66. The molecule has 3 heterocycles. The molecule has 3 aromatic rings. The standard InChI is InChI=1S/C23H27N7O3/c1-31-20-7-6-17-4-2-3-5-18(17)19(20)16-24-28-21-25-22(29-8-12-32-13-9-29)27-23(26-21)30-10-14-33-15-11-30/h2-7,16H,8-15H2,1H3,(H,25,26,27,28)/b24-16+. The predicted molar refractivity (Wildman–Crippen MR) is 128 cm³/mol. The van der Waals surface area contributed by atoms with E-state index in [1.807, 2.05) is 24.3 Å². The van der Waals surface area contributed by atoms with E-state index in [-0.39, 0.29) is 0 Å². The Bertz CT molecular complexity index is 1090. The normalized spacial score (nSPS) is 17.0. The molecular formula is C23H27N7O3. The maximum atomic E-state index is 5.56. The van der Waals surface area contributed by atoms with Crippen LogP contribution in [0.4, 0.5) is 17.8 Å². The van der Waals surface area contributed by atoms with Gasteiger partial charge in [0.2, 0.25) is 17.8 Å². The number of fused-ring (bicyclic) bond motifs is 1. The minimum atomic E-state index is 0.392. The Kier molecular flexibility index (Phi) is 6.45. The quantitative estimate of drug-likeness (QED) is 0.448. The topological polar surface area (TPSA) is 97.2 Å². The zero-order chi connectivity index (χ0) is 22.5. The highest BCUT2D eigenvalue weighted by atomic mass is 16.5. The van der Waals surface area contributed by atoms with Crippen molar-refractivity contribution in [1.29, 1.82) is 0 Å². The van der Waals surface area contributed by atoms with E-state index in [4.69, 9.17) is 19.2 Å². The maximum absolute atomic E-state index is 5.56. The monoisotopic (exact) mass is 449 g/mol. The fourth-order valence-corrected chi connectivity index (χ4v) is 3.95. The molecule has 172 valence electrons. The predicted octanol–water partition coefficient (Wildman–Crippen LogP) is 2.15. The van der Waals surface area contributed by atoms with Crippen molar-refractivity contribution < 1.29 is 14.2 Å². The largest absolute Gasteiger partial charge is 0.496 e. The third kappa shape index (κ3) is 4.81. The zero-order valence-corrected chi connectivity index (χ0v) is 18.6. The summed E-state index contributed by atoms with van der Waals surface area (Å²) < 4.78 is 16.5. The van der Waals surface area contributed by atoms with Crippen LogP contribution in [0.3, 0.4) is 0 Å². The number of benzene rings is 2. The summed E-state index contributed by atoms with van der Waals surface area (Å²) in [4.78, 5) is 18.2. The lowest BCUT2D eigenvalue weighted by atomic mass is 10.0. The third-order valence-corrected chi connectivity index (χ3v) is 5.71. The SMILES string of the molecule is COc1ccc2ccccc2c1/C=N/Nc1nc(N2CCOCC2)nc(N2CCOCC2)n1. The summed E-state index contributed by atoms with van der Waals surface area (Å²) in [6.45, 7) is 5.57. The number of ether oxygens (including phenoxy) is 3. The molecule has 0 radical (unpaired) electrons. The molecule has 0 unspecified atom stereocenters. The summed E-state index contributed by atoms with van der Waals surface area (Å²) in [6.07, 6.45) is 1.74. The van der Waals surface area contributed by atoms with Gasteiger partial charge in [0.1, 0.15) is 5.75 Å². The van der Waals surface area contributed by atoms with Gasteiger partial charge >= 0.3 is 0 Å². The Morgan fingerprint density at radius 1 is 0.879 bits per heavy atom. The van der Waals surface area contributed by atoms with E-state index in [9.17, 15) is 0 Å². The van der Waals surface area contributed by atoms with Gasteiger partial charge < -0.3 is 24.0 Å². The molecule has 0 saturated carbocycles. The van der Waals surface area contributed by atoms with Crippen LogP contribution in [0.15, 0.2) is 41.5 Å². The van der Waals surface area contributed by atoms with Crippen LogP contribution in [0.5, 0.6) is 5.75 Å². The van der Waals surface area contributed by atoms with Crippen molar-refractivity contribution >= 4 is 34.8 Å². The number of nitrogens with one attached hydrogen (secondary N) is 1. The number of nitrogens with zero attached hydrogens (tertiary/aromatic N) is 6. The minimum absolute atomic E-state index is 0.392. The van der Waals surface area contributed by atoms with Gasteiger partial charge in [-0.15, -0.1) is 0 Å². The summed E-state index contributed by atoms with van der Waals surface area (Å²) in [5.74, 6) is 2.38. The molecular weight excluding hydrogens is 422 g/mol. The van der Waals surface area contributed by atoms with Crippen molar-refractivity contribution in [3.63, 3.8) is 0 Å². The van der Waals surface area contributed by atoms with E-state index in [0.717, 1.165) is 48.3 Å². The van der Waals surface area contributed by atoms with Crippen LogP contribution in [-0.4, -0.2) is 80.9 Å². The molecule has 2 aromatic carbocycles. The lowest BCUT2D eigenvalue weighted by molar-refractivity contribution is 0.121. The molecule has 10 heteroatoms. The van der Waals surface area contributed by atoms with E-state index >= 15 is 0 Å². The van der Waals surface area contributed by atoms with Gasteiger partial charge in [-0.2, -0.15) is 20.1 Å². The van der Waals surface area contributed by atoms with Gasteiger partial charge in [0.25, 0.3) is 0 Å². The Morgan fingerprint density at radius 2 is 1.52 bits per heavy atom. The molecule has 0 bridgehead atoms. The molecule has 2 aliphatic rings. The Balaban J connectivity index is 1.44. The Morgan fingerprint density at radius 3 is 2.15 bits per heavy atom. The number of methoxy groups -OCH3 is 1. The van der Waals surface area contributed by atoms with E-state index in [0.29, 0.717) is 44.3 Å². The molecule has 2 fully saturated rings. The molecule has 2 saturated heterocycles. The van der Waals surface area contributed by atoms with Crippen LogP contribution in [0.2, 0.25) is 0 Å². The second kappa shape index (κ2) is 9.97. The zero-order valence-electron chi connectivity index (χ0n) is 18.6. The maximum Gasteiger partial charge on any atom is 0.250 e. The van der Waals surface area contributed by atoms with Crippen LogP contribution in [-0.2, 0) is 9.47 Å². The second-order valence-corrected chi connectivity index (χ2v) is 7.73. The van der Waals surface area contributed by atoms with Crippen LogP contribution >= 0.6 is 0 Å². The highest BCUT2D eigenvalue weighted by molar-refractivity contribution is 6.02. The molecule has 0 aliphatic carbocycles. The van der Waals surface area contributed by atoms with Gasteiger partial charge in [0.15, 0.2) is 0 Å². The average Bonchev–Trinajstić information content (AvgIpc) is 2.89. The van der Waals surface area contributed by atoms with E-state index in [2.05, 4.69) is 42.4 Å². The molecule has 0 amide bonds. The number of hydrogen-bond acceptors (Lipinski definition) is 10. The summed E-state index contributed by atoms with van der Waals surface area (Å²) in [6, 6.07) is 12.1. The first-order valence-electron chi connectivity index (χ1n) is 11.1. The average molecular weight is 450 g/mol. The molecule has 5 rings (SSSR count). The minimum Gasteiger partial charge on any atom is -0.496 e. The number of hydrogen-bond donors (Lipinski definition) is 1. The molecule has 0 spiro atoms. The third-order valence-electron chi connectivity index (χ3n) is 5.71. The van der Waals surface area contributed by atoms with Gasteiger partial charge in [-0.25, -0.2) is 5.43 Å². The van der Waals surface area contributed by atoms with Crippen LogP contribution in [0.1, 0.15) is 5.56 Å². The first-order chi connectivity index (χ1) is 16.3. The van der Waals surface area contributed by atoms with Gasteiger partial charge in [0, 0.05) is 31.7 Å². The smallest absolute Gasteiger partial charge is 0.250 e. The van der Waals surface area contributed by atoms with Gasteiger partial charge in [-0.05, 0) is 16.8 Å². The summed E-state index contributed by atoms with van der Waals surface area (Å²) >= 11 is 0. The van der Waals surface area contributed by atoms with Crippen LogP contribution in [0, 0.1) is 0 Å². The number of hydrazone groups is 1. The van der Waals surface area contributed by atoms with Crippen molar-refractivity contribution in [2.75, 3.05) is 74.9 Å². The number of anilines is 3. The molecule has 0 atom stereocenters. The Hall–Kier alpha value is -3.50. The molecule has 33 heavy (non-hydrogen) atoms.